The van der Waals surface area contributed by atoms with Gasteiger partial charge in [-0.2, -0.15) is 0 Å². The molecule has 0 aliphatic carbocycles. The Bertz CT molecular complexity index is 226. The van der Waals surface area contributed by atoms with Gasteiger partial charge in [0.15, 0.2) is 8.32 Å². The molecule has 0 heterocycles. The van der Waals surface area contributed by atoms with Gasteiger partial charge in [-0.1, -0.05) is 124 Å². The lowest BCUT2D eigenvalue weighted by atomic mass is 10.1. The van der Waals surface area contributed by atoms with Crippen LogP contribution in [0.25, 0.3) is 0 Å². The van der Waals surface area contributed by atoms with Crippen LogP contribution in [0.1, 0.15) is 124 Å². The van der Waals surface area contributed by atoms with Gasteiger partial charge < -0.3 is 4.80 Å². The molecule has 0 aromatic heterocycles. The Balaban J connectivity index is 3.98. The second kappa shape index (κ2) is 18.0. The molecule has 0 saturated heterocycles. The van der Waals surface area contributed by atoms with Crippen molar-refractivity contribution in [2.45, 2.75) is 142 Å². The Kier molecular flexibility index (Phi) is 18.1. The summed E-state index contributed by atoms with van der Waals surface area (Å²) < 4.78 is 0. The average molecular weight is 357 g/mol. The van der Waals surface area contributed by atoms with Crippen molar-refractivity contribution in [2.75, 3.05) is 0 Å². The zero-order valence-corrected chi connectivity index (χ0v) is 18.4. The van der Waals surface area contributed by atoms with Gasteiger partial charge >= 0.3 is 0 Å². The molecule has 2 heteroatoms. The van der Waals surface area contributed by atoms with Crippen LogP contribution in [0.5, 0.6) is 0 Å². The van der Waals surface area contributed by atoms with E-state index in [1.54, 1.807) is 0 Å². The van der Waals surface area contributed by atoms with Gasteiger partial charge in [0.2, 0.25) is 0 Å². The molecule has 0 fully saturated rings. The molecular weight excluding hydrogens is 308 g/mol. The van der Waals surface area contributed by atoms with Crippen LogP contribution in [-0.4, -0.2) is 13.1 Å². The van der Waals surface area contributed by atoms with Gasteiger partial charge in [-0.05, 0) is 18.1 Å². The van der Waals surface area contributed by atoms with E-state index in [1.165, 1.54) is 121 Å². The lowest BCUT2D eigenvalue weighted by Crippen LogP contribution is -2.34. The van der Waals surface area contributed by atoms with Crippen LogP contribution in [0.2, 0.25) is 18.1 Å². The molecular formula is C22H48OSi. The molecule has 0 atom stereocenters. The van der Waals surface area contributed by atoms with E-state index in [0.29, 0.717) is 0 Å². The molecule has 0 bridgehead atoms. The first-order chi connectivity index (χ1) is 11.7. The monoisotopic (exact) mass is 356 g/mol. The normalized spacial score (nSPS) is 12.0. The lowest BCUT2D eigenvalue weighted by Gasteiger charge is -2.25. The molecule has 0 rings (SSSR count). The Morgan fingerprint density at radius 1 is 0.417 bits per heavy atom. The molecule has 1 nitrogen and oxygen atoms in total. The van der Waals surface area contributed by atoms with Crippen molar-refractivity contribution in [3.05, 3.63) is 0 Å². The minimum atomic E-state index is -1.94. The predicted molar refractivity (Wildman–Crippen MR) is 113 cm³/mol. The van der Waals surface area contributed by atoms with Crippen molar-refractivity contribution in [1.82, 2.24) is 0 Å². The third kappa shape index (κ3) is 15.7. The van der Waals surface area contributed by atoms with E-state index in [1.807, 2.05) is 0 Å². The van der Waals surface area contributed by atoms with Crippen molar-refractivity contribution >= 4 is 8.32 Å². The van der Waals surface area contributed by atoms with E-state index in [9.17, 15) is 4.80 Å². The summed E-state index contributed by atoms with van der Waals surface area (Å²) in [5, 5.41) is 0. The molecule has 0 spiro atoms. The highest BCUT2D eigenvalue weighted by molar-refractivity contribution is 6.72. The predicted octanol–water partition coefficient (Wildman–Crippen LogP) is 8.23. The average Bonchev–Trinajstić information content (AvgIpc) is 2.58. The van der Waals surface area contributed by atoms with Crippen LogP contribution in [-0.2, 0) is 0 Å². The first-order valence-electron chi connectivity index (χ1n) is 11.4. The van der Waals surface area contributed by atoms with E-state index >= 15 is 0 Å². The van der Waals surface area contributed by atoms with Gasteiger partial charge in [0.05, 0.1) is 0 Å². The summed E-state index contributed by atoms with van der Waals surface area (Å²) in [6.07, 6.45) is 21.5. The SMILES string of the molecule is CCCCCCCC[Si](O)(CCCCCC)CCCCCCCC. The van der Waals surface area contributed by atoms with E-state index in [2.05, 4.69) is 20.8 Å². The van der Waals surface area contributed by atoms with Crippen LogP contribution < -0.4 is 0 Å². The number of unbranched alkanes of at least 4 members (excludes halogenated alkanes) is 13. The summed E-state index contributed by atoms with van der Waals surface area (Å²) in [7, 11) is -1.94. The fraction of sp³-hybridized carbons (Fsp3) is 1.00. The third-order valence-electron chi connectivity index (χ3n) is 5.49. The summed E-state index contributed by atoms with van der Waals surface area (Å²) >= 11 is 0. The fourth-order valence-electron chi connectivity index (χ4n) is 3.72. The summed E-state index contributed by atoms with van der Waals surface area (Å²) in [6.45, 7) is 6.83. The molecule has 24 heavy (non-hydrogen) atoms. The maximum absolute atomic E-state index is 11.3. The molecule has 0 aromatic rings. The van der Waals surface area contributed by atoms with Gasteiger partial charge in [0.1, 0.15) is 0 Å². The quantitative estimate of drug-likeness (QED) is 0.182. The van der Waals surface area contributed by atoms with E-state index < -0.39 is 8.32 Å². The maximum atomic E-state index is 11.3. The van der Waals surface area contributed by atoms with E-state index in [0.717, 1.165) is 0 Å². The maximum Gasteiger partial charge on any atom is 0.188 e. The Morgan fingerprint density at radius 2 is 0.667 bits per heavy atom. The second-order valence-corrected chi connectivity index (χ2v) is 12.0. The minimum Gasteiger partial charge on any atom is -0.432 e. The second-order valence-electron chi connectivity index (χ2n) is 8.07. The molecule has 0 aliphatic heterocycles. The number of hydrogen-bond donors (Lipinski definition) is 1. The summed E-state index contributed by atoms with van der Waals surface area (Å²) in [5.41, 5.74) is 0. The molecule has 0 radical (unpaired) electrons. The third-order valence-corrected chi connectivity index (χ3v) is 9.34. The smallest absolute Gasteiger partial charge is 0.188 e. The molecule has 0 unspecified atom stereocenters. The molecule has 0 aliphatic rings. The summed E-state index contributed by atoms with van der Waals surface area (Å²) in [6, 6.07) is 3.54. The minimum absolute atomic E-state index is 1.18. The van der Waals surface area contributed by atoms with Gasteiger partial charge in [0, 0.05) is 0 Å². The van der Waals surface area contributed by atoms with Crippen LogP contribution in [0, 0.1) is 0 Å². The van der Waals surface area contributed by atoms with Crippen LogP contribution >= 0.6 is 0 Å². The largest absolute Gasteiger partial charge is 0.432 e. The van der Waals surface area contributed by atoms with E-state index in [-0.39, 0.29) is 0 Å². The summed E-state index contributed by atoms with van der Waals surface area (Å²) in [5.74, 6) is 0. The van der Waals surface area contributed by atoms with Crippen molar-refractivity contribution in [2.24, 2.45) is 0 Å². The zero-order valence-electron chi connectivity index (χ0n) is 17.4. The molecule has 0 saturated carbocycles. The van der Waals surface area contributed by atoms with Crippen LogP contribution in [0.4, 0.5) is 0 Å². The molecule has 1 N–H and O–H groups in total. The highest BCUT2D eigenvalue weighted by Crippen LogP contribution is 2.27. The topological polar surface area (TPSA) is 20.2 Å². The first kappa shape index (κ1) is 24.2. The molecule has 146 valence electrons. The Hall–Kier alpha value is 0.177. The highest BCUT2D eigenvalue weighted by atomic mass is 28.4. The van der Waals surface area contributed by atoms with Gasteiger partial charge in [-0.15, -0.1) is 0 Å². The van der Waals surface area contributed by atoms with Crippen molar-refractivity contribution in [3.63, 3.8) is 0 Å². The summed E-state index contributed by atoms with van der Waals surface area (Å²) in [4.78, 5) is 11.3. The zero-order chi connectivity index (χ0) is 17.9. The van der Waals surface area contributed by atoms with E-state index in [4.69, 9.17) is 0 Å². The molecule has 0 aromatic carbocycles. The van der Waals surface area contributed by atoms with Gasteiger partial charge in [-0.3, -0.25) is 0 Å². The highest BCUT2D eigenvalue weighted by Gasteiger charge is 2.28. The van der Waals surface area contributed by atoms with Crippen molar-refractivity contribution in [3.8, 4) is 0 Å². The van der Waals surface area contributed by atoms with Crippen molar-refractivity contribution < 1.29 is 4.80 Å². The number of rotatable bonds is 19. The number of hydrogen-bond acceptors (Lipinski definition) is 1. The Morgan fingerprint density at radius 3 is 1.00 bits per heavy atom. The van der Waals surface area contributed by atoms with Crippen LogP contribution in [0.3, 0.4) is 0 Å². The standard InChI is InChI=1S/C22H48OSi/c1-4-7-10-13-15-18-21-24(23,20-17-12-9-6-3)22-19-16-14-11-8-5-2/h23H,4-22H2,1-3H3. The fourth-order valence-corrected chi connectivity index (χ4v) is 7.20. The first-order valence-corrected chi connectivity index (χ1v) is 14.0. The van der Waals surface area contributed by atoms with Gasteiger partial charge in [0.25, 0.3) is 0 Å². The molecule has 0 amide bonds. The lowest BCUT2D eigenvalue weighted by molar-refractivity contribution is 0.496. The van der Waals surface area contributed by atoms with Crippen LogP contribution in [0.15, 0.2) is 0 Å². The van der Waals surface area contributed by atoms with Crippen molar-refractivity contribution in [1.29, 1.82) is 0 Å². The Labute approximate surface area is 155 Å². The van der Waals surface area contributed by atoms with Gasteiger partial charge in [-0.25, -0.2) is 0 Å².